The van der Waals surface area contributed by atoms with Crippen LogP contribution < -0.4 is 16.4 Å². The summed E-state index contributed by atoms with van der Waals surface area (Å²) in [5, 5.41) is 15.4. The van der Waals surface area contributed by atoms with E-state index < -0.39 is 0 Å². The Kier molecular flexibility index (Phi) is 4.53. The Morgan fingerprint density at radius 3 is 2.13 bits per heavy atom. The molecule has 0 heterocycles. The van der Waals surface area contributed by atoms with Crippen LogP contribution in [0.25, 0.3) is 0 Å². The molecule has 0 saturated heterocycles. The highest BCUT2D eigenvalue weighted by molar-refractivity contribution is 5.50. The number of nitrogen functional groups attached to an aromatic ring is 1. The van der Waals surface area contributed by atoms with Gasteiger partial charge in [0.2, 0.25) is 0 Å². The zero-order valence-electron chi connectivity index (χ0n) is 9.53. The van der Waals surface area contributed by atoms with Gasteiger partial charge in [0.15, 0.2) is 0 Å². The predicted molar refractivity (Wildman–Crippen MR) is 62.0 cm³/mol. The normalized spacial score (nSPS) is 11.0. The van der Waals surface area contributed by atoms with Gasteiger partial charge in [0.05, 0.1) is 11.0 Å². The molecule has 84 valence electrons. The monoisotopic (exact) mass is 207 g/mol. The average molecular weight is 207 g/mol. The van der Waals surface area contributed by atoms with Crippen molar-refractivity contribution in [1.82, 2.24) is 0 Å². The molecule has 0 bridgehead atoms. The quantitative estimate of drug-likeness (QED) is 0.588. The van der Waals surface area contributed by atoms with Crippen molar-refractivity contribution in [3.05, 3.63) is 16.3 Å². The zero-order valence-corrected chi connectivity index (χ0v) is 9.53. The third-order valence-corrected chi connectivity index (χ3v) is 2.93. The van der Waals surface area contributed by atoms with Gasteiger partial charge < -0.3 is 5.73 Å². The number of nitrogens with two attached hydrogens (primary N) is 1. The summed E-state index contributed by atoms with van der Waals surface area (Å²) in [6.07, 6.45) is 8.42. The van der Waals surface area contributed by atoms with Crippen molar-refractivity contribution in [3.8, 4) is 0 Å². The summed E-state index contributed by atoms with van der Waals surface area (Å²) in [6, 6.07) is 0. The van der Waals surface area contributed by atoms with Gasteiger partial charge in [0.1, 0.15) is 5.36 Å². The largest absolute Gasteiger partial charge is 0.397 e. The SMILES string of the molecule is CCCCCCCCc1c(N)c(=N)c1=N. The second kappa shape index (κ2) is 5.69. The number of nitrogens with one attached hydrogen (secondary N) is 2. The molecule has 0 unspecified atom stereocenters. The maximum atomic E-state index is 7.51. The molecule has 0 aromatic heterocycles. The molecule has 0 spiro atoms. The summed E-state index contributed by atoms with van der Waals surface area (Å²) in [4.78, 5) is 0. The molecular formula is C12H21N3. The molecule has 3 heteroatoms. The minimum absolute atomic E-state index is 0.232. The molecule has 0 amide bonds. The Morgan fingerprint density at radius 1 is 0.933 bits per heavy atom. The lowest BCUT2D eigenvalue weighted by Crippen LogP contribution is -2.38. The van der Waals surface area contributed by atoms with E-state index in [1.54, 1.807) is 0 Å². The first-order valence-corrected chi connectivity index (χ1v) is 5.85. The van der Waals surface area contributed by atoms with Crippen LogP contribution in [-0.4, -0.2) is 0 Å². The Hall–Kier alpha value is -1.12. The van der Waals surface area contributed by atoms with Crippen molar-refractivity contribution in [2.75, 3.05) is 5.73 Å². The number of anilines is 1. The second-order valence-corrected chi connectivity index (χ2v) is 4.16. The van der Waals surface area contributed by atoms with E-state index >= 15 is 0 Å². The van der Waals surface area contributed by atoms with Crippen LogP contribution in [-0.2, 0) is 6.42 Å². The Bertz CT molecular complexity index is 372. The fourth-order valence-corrected chi connectivity index (χ4v) is 1.85. The summed E-state index contributed by atoms with van der Waals surface area (Å²) < 4.78 is 0. The fraction of sp³-hybridized carbons (Fsp3) is 0.667. The van der Waals surface area contributed by atoms with Gasteiger partial charge in [-0.2, -0.15) is 0 Å². The van der Waals surface area contributed by atoms with Gasteiger partial charge in [-0.05, 0) is 12.8 Å². The summed E-state index contributed by atoms with van der Waals surface area (Å²) in [5.74, 6) is 0. The fourth-order valence-electron chi connectivity index (χ4n) is 1.85. The molecule has 0 fully saturated rings. The minimum Gasteiger partial charge on any atom is -0.397 e. The second-order valence-electron chi connectivity index (χ2n) is 4.16. The maximum absolute atomic E-state index is 7.51. The van der Waals surface area contributed by atoms with Crippen LogP contribution >= 0.6 is 0 Å². The number of rotatable bonds is 7. The molecular weight excluding hydrogens is 186 g/mol. The van der Waals surface area contributed by atoms with E-state index in [-0.39, 0.29) is 5.36 Å². The van der Waals surface area contributed by atoms with Crippen LogP contribution in [0.4, 0.5) is 5.69 Å². The van der Waals surface area contributed by atoms with Crippen LogP contribution in [0.5, 0.6) is 0 Å². The van der Waals surface area contributed by atoms with Crippen LogP contribution in [0, 0.1) is 10.8 Å². The zero-order chi connectivity index (χ0) is 11.3. The molecule has 0 saturated carbocycles. The van der Waals surface area contributed by atoms with E-state index in [0.29, 0.717) is 11.0 Å². The first-order chi connectivity index (χ1) is 7.18. The van der Waals surface area contributed by atoms with Crippen molar-refractivity contribution in [2.24, 2.45) is 0 Å². The highest BCUT2D eigenvalue weighted by Crippen LogP contribution is 2.10. The van der Waals surface area contributed by atoms with Gasteiger partial charge in [-0.3, -0.25) is 10.8 Å². The molecule has 0 atom stereocenters. The third-order valence-electron chi connectivity index (χ3n) is 2.93. The molecule has 4 N–H and O–H groups in total. The summed E-state index contributed by atoms with van der Waals surface area (Å²) in [5.41, 5.74) is 7.10. The molecule has 0 aliphatic carbocycles. The van der Waals surface area contributed by atoms with Crippen molar-refractivity contribution in [2.45, 2.75) is 51.9 Å². The van der Waals surface area contributed by atoms with E-state index in [0.717, 1.165) is 18.4 Å². The van der Waals surface area contributed by atoms with Gasteiger partial charge in [0.25, 0.3) is 0 Å². The number of unbranched alkanes of at least 4 members (excludes halogenated alkanes) is 5. The van der Waals surface area contributed by atoms with Crippen molar-refractivity contribution >= 4 is 5.69 Å². The van der Waals surface area contributed by atoms with Crippen molar-refractivity contribution < 1.29 is 0 Å². The maximum Gasteiger partial charge on any atom is 0.103 e. The highest BCUT2D eigenvalue weighted by atomic mass is 14.6. The Labute approximate surface area is 91.0 Å². The molecule has 1 aromatic rings. The van der Waals surface area contributed by atoms with E-state index in [9.17, 15) is 0 Å². The molecule has 0 aliphatic rings. The van der Waals surface area contributed by atoms with Gasteiger partial charge >= 0.3 is 0 Å². The molecule has 1 aromatic carbocycles. The molecule has 0 radical (unpaired) electrons. The first-order valence-electron chi connectivity index (χ1n) is 5.85. The average Bonchev–Trinajstić information content (AvgIpc) is 2.26. The number of hydrogen-bond donors (Lipinski definition) is 3. The topological polar surface area (TPSA) is 73.7 Å². The summed E-state index contributed by atoms with van der Waals surface area (Å²) in [6.45, 7) is 2.22. The highest BCUT2D eigenvalue weighted by Gasteiger charge is 2.10. The number of hydrogen-bond acceptors (Lipinski definition) is 3. The lowest BCUT2D eigenvalue weighted by atomic mass is 9.99. The Morgan fingerprint density at radius 2 is 1.53 bits per heavy atom. The lowest BCUT2D eigenvalue weighted by Gasteiger charge is -2.09. The predicted octanol–water partition coefficient (Wildman–Crippen LogP) is 2.01. The van der Waals surface area contributed by atoms with Crippen LogP contribution in [0.1, 0.15) is 51.0 Å². The van der Waals surface area contributed by atoms with Crippen molar-refractivity contribution in [3.63, 3.8) is 0 Å². The first kappa shape index (κ1) is 12.0. The van der Waals surface area contributed by atoms with Gasteiger partial charge in [0, 0.05) is 5.56 Å². The summed E-state index contributed by atoms with van der Waals surface area (Å²) >= 11 is 0. The summed E-state index contributed by atoms with van der Waals surface area (Å²) in [7, 11) is 0. The standard InChI is InChI=1S/C12H21N3/c1-2-3-4-5-6-7-8-9-10(13)12(15)11(9)14/h13,15H,2-8,14H2,1H3. The molecule has 3 nitrogen and oxygen atoms in total. The molecule has 15 heavy (non-hydrogen) atoms. The minimum atomic E-state index is 0.232. The molecule has 0 aliphatic heterocycles. The smallest absolute Gasteiger partial charge is 0.103 e. The van der Waals surface area contributed by atoms with Crippen LogP contribution in [0.3, 0.4) is 0 Å². The van der Waals surface area contributed by atoms with Crippen LogP contribution in [0.2, 0.25) is 0 Å². The van der Waals surface area contributed by atoms with Gasteiger partial charge in [-0.1, -0.05) is 39.0 Å². The third kappa shape index (κ3) is 2.91. The van der Waals surface area contributed by atoms with Gasteiger partial charge in [-0.25, -0.2) is 0 Å². The van der Waals surface area contributed by atoms with E-state index in [1.165, 1.54) is 32.1 Å². The molecule has 1 rings (SSSR count). The van der Waals surface area contributed by atoms with Crippen molar-refractivity contribution in [1.29, 1.82) is 10.8 Å². The van der Waals surface area contributed by atoms with Gasteiger partial charge in [-0.15, -0.1) is 0 Å². The van der Waals surface area contributed by atoms with E-state index in [4.69, 9.17) is 16.6 Å². The van der Waals surface area contributed by atoms with E-state index in [1.807, 2.05) is 0 Å². The lowest BCUT2D eigenvalue weighted by molar-refractivity contribution is 0.605. The Balaban J connectivity index is 2.17. The van der Waals surface area contributed by atoms with Crippen LogP contribution in [0.15, 0.2) is 0 Å². The van der Waals surface area contributed by atoms with E-state index in [2.05, 4.69) is 6.92 Å².